The molecule has 0 saturated heterocycles. The van der Waals surface area contributed by atoms with E-state index in [4.69, 9.17) is 22.4 Å². The Morgan fingerprint density at radius 2 is 1.38 bits per heavy atom. The van der Waals surface area contributed by atoms with Crippen LogP contribution in [0.2, 0.25) is 0 Å². The molecule has 0 aliphatic heterocycles. The van der Waals surface area contributed by atoms with E-state index in [-0.39, 0.29) is 51.4 Å². The summed E-state index contributed by atoms with van der Waals surface area (Å²) in [5.74, 6) is 0. The van der Waals surface area contributed by atoms with Crippen molar-refractivity contribution in [3.05, 3.63) is 6.57 Å². The Bertz CT molecular complexity index is 107. The number of hydrogen-bond acceptors (Lipinski definition) is 3. The molecule has 0 amide bonds. The van der Waals surface area contributed by atoms with Crippen LogP contribution in [0.4, 0.5) is 0 Å². The van der Waals surface area contributed by atoms with Crippen molar-refractivity contribution in [3.63, 3.8) is 0 Å². The second kappa shape index (κ2) is 24.7. The molecule has 0 heterocycles. The van der Waals surface area contributed by atoms with Gasteiger partial charge in [-0.2, -0.15) is 0 Å². The SMILES string of the molecule is N#C[Te]C#N.[C-]#N.[K+]. The average molecular weight is 245 g/mol. The van der Waals surface area contributed by atoms with Crippen molar-refractivity contribution >= 4 is 20.9 Å². The van der Waals surface area contributed by atoms with E-state index in [1.165, 1.54) is 0 Å². The summed E-state index contributed by atoms with van der Waals surface area (Å²) in [6, 6.07) is 0. The van der Waals surface area contributed by atoms with Crippen molar-refractivity contribution in [2.75, 3.05) is 0 Å². The van der Waals surface area contributed by atoms with Gasteiger partial charge in [-0.1, -0.05) is 0 Å². The molecule has 0 fully saturated rings. The molecule has 8 heavy (non-hydrogen) atoms. The average Bonchev–Trinajstić information content (AvgIpc) is 1.75. The van der Waals surface area contributed by atoms with Gasteiger partial charge in [0.2, 0.25) is 0 Å². The summed E-state index contributed by atoms with van der Waals surface area (Å²) in [6.07, 6.45) is 0. The minimum absolute atomic E-state index is 0. The third-order valence-corrected chi connectivity index (χ3v) is 0.612. The fourth-order valence-electron chi connectivity index (χ4n) is 0.0204. The molecule has 0 aliphatic rings. The van der Waals surface area contributed by atoms with Crippen LogP contribution in [0.1, 0.15) is 0 Å². The van der Waals surface area contributed by atoms with Gasteiger partial charge < -0.3 is 11.8 Å². The Labute approximate surface area is 101 Å². The molecule has 3 nitrogen and oxygen atoms in total. The van der Waals surface area contributed by atoms with E-state index in [2.05, 4.69) is 0 Å². The Hall–Kier alpha value is 0.896. The predicted octanol–water partition coefficient (Wildman–Crippen LogP) is -3.25. The zero-order chi connectivity index (χ0) is 6.12. The van der Waals surface area contributed by atoms with Crippen LogP contribution >= 0.6 is 0 Å². The molecule has 0 atom stereocenters. The Kier molecular flexibility index (Phi) is 49.3. The molecule has 0 bridgehead atoms. The molecule has 0 radical (unpaired) electrons. The summed E-state index contributed by atoms with van der Waals surface area (Å²) < 4.78 is 3.57. The molecule has 0 aromatic heterocycles. The largest absolute Gasteiger partial charge is 1.00 e. The van der Waals surface area contributed by atoms with Crippen LogP contribution in [0.3, 0.4) is 0 Å². The van der Waals surface area contributed by atoms with Gasteiger partial charge in [-0.15, -0.1) is 0 Å². The van der Waals surface area contributed by atoms with Crippen LogP contribution in [0.25, 0.3) is 0 Å². The van der Waals surface area contributed by atoms with Gasteiger partial charge in [-0.05, 0) is 0 Å². The molecule has 0 rings (SSSR count). The number of hydrogen-bond donors (Lipinski definition) is 0. The number of rotatable bonds is 0. The van der Waals surface area contributed by atoms with Gasteiger partial charge in [0.1, 0.15) is 0 Å². The monoisotopic (exact) mass is 247 g/mol. The molecule has 0 aromatic carbocycles. The maximum Gasteiger partial charge on any atom is 1.00 e. The second-order valence-electron chi connectivity index (χ2n) is 0.285. The Morgan fingerprint density at radius 3 is 1.38 bits per heavy atom. The third-order valence-electron chi connectivity index (χ3n) is 0.0913. The van der Waals surface area contributed by atoms with E-state index in [9.17, 15) is 0 Å². The second-order valence-corrected chi connectivity index (χ2v) is 1.91. The van der Waals surface area contributed by atoms with Crippen molar-refractivity contribution in [3.8, 4) is 8.23 Å². The minimum atomic E-state index is -0.896. The van der Waals surface area contributed by atoms with Gasteiger partial charge in [0, 0.05) is 0 Å². The molecular weight excluding hydrogens is 245 g/mol. The maximum absolute atomic E-state index is 7.65. The van der Waals surface area contributed by atoms with Crippen molar-refractivity contribution in [2.24, 2.45) is 0 Å². The van der Waals surface area contributed by atoms with Gasteiger partial charge in [-0.3, -0.25) is 0 Å². The smallest absolute Gasteiger partial charge is 0.512 e. The first-order valence-electron chi connectivity index (χ1n) is 1.08. The molecule has 34 valence electrons. The van der Waals surface area contributed by atoms with Crippen LogP contribution in [0, 0.1) is 30.6 Å². The van der Waals surface area contributed by atoms with Gasteiger partial charge in [0.05, 0.1) is 0 Å². The van der Waals surface area contributed by atoms with Crippen molar-refractivity contribution in [1.82, 2.24) is 0 Å². The van der Waals surface area contributed by atoms with E-state index in [0.29, 0.717) is 0 Å². The van der Waals surface area contributed by atoms with Crippen LogP contribution in [0.15, 0.2) is 0 Å². The van der Waals surface area contributed by atoms with Crippen molar-refractivity contribution < 1.29 is 51.4 Å². The van der Waals surface area contributed by atoms with Gasteiger partial charge >= 0.3 is 91.1 Å². The molecule has 0 N–H and O–H groups in total. The quantitative estimate of drug-likeness (QED) is 0.332. The summed E-state index contributed by atoms with van der Waals surface area (Å²) in [4.78, 5) is 0. The molecular formula is C3KN3Te. The summed E-state index contributed by atoms with van der Waals surface area (Å²) in [5.41, 5.74) is 0. The van der Waals surface area contributed by atoms with E-state index in [0.717, 1.165) is 0 Å². The van der Waals surface area contributed by atoms with Crippen LogP contribution < -0.4 is 51.4 Å². The van der Waals surface area contributed by atoms with Crippen LogP contribution in [0.5, 0.6) is 0 Å². The van der Waals surface area contributed by atoms with E-state index in [1.54, 1.807) is 8.23 Å². The summed E-state index contributed by atoms with van der Waals surface area (Å²) in [6.45, 7) is 4.75. The van der Waals surface area contributed by atoms with Crippen molar-refractivity contribution in [1.29, 1.82) is 15.8 Å². The molecule has 0 saturated carbocycles. The molecule has 0 unspecified atom stereocenters. The van der Waals surface area contributed by atoms with Crippen LogP contribution in [-0.4, -0.2) is 20.9 Å². The summed E-state index contributed by atoms with van der Waals surface area (Å²) >= 11 is -0.896. The van der Waals surface area contributed by atoms with Crippen LogP contribution in [-0.2, 0) is 0 Å². The van der Waals surface area contributed by atoms with Gasteiger partial charge in [0.25, 0.3) is 0 Å². The Balaban J connectivity index is -0.0000000750. The molecule has 0 aromatic rings. The molecule has 5 heteroatoms. The standard InChI is InChI=1S/C2N2Te.CN.K/c3-1-5-2-4;1-2;/q;-1;+1. The first kappa shape index (κ1) is 16.0. The molecule has 0 spiro atoms. The predicted molar refractivity (Wildman–Crippen MR) is 21.9 cm³/mol. The van der Waals surface area contributed by atoms with Gasteiger partial charge in [0.15, 0.2) is 0 Å². The van der Waals surface area contributed by atoms with E-state index in [1.807, 2.05) is 0 Å². The fraction of sp³-hybridized carbons (Fsp3) is 0. The molecule has 0 aliphatic carbocycles. The normalized spacial score (nSPS) is 3.00. The van der Waals surface area contributed by atoms with E-state index < -0.39 is 20.9 Å². The Morgan fingerprint density at radius 1 is 1.12 bits per heavy atom. The number of nitrogens with zero attached hydrogens (tertiary/aromatic N) is 3. The van der Waals surface area contributed by atoms with Gasteiger partial charge in [-0.25, -0.2) is 0 Å². The minimum Gasteiger partial charge on any atom is -0.512 e. The first-order chi connectivity index (χ1) is 3.41. The third kappa shape index (κ3) is 28.6. The zero-order valence-electron chi connectivity index (χ0n) is 4.25. The topological polar surface area (TPSA) is 71.4 Å². The first-order valence-corrected chi connectivity index (χ1v) is 3.41. The van der Waals surface area contributed by atoms with E-state index >= 15 is 0 Å². The zero-order valence-corrected chi connectivity index (χ0v) is 9.70. The fourth-order valence-corrected chi connectivity index (χ4v) is 0.137. The van der Waals surface area contributed by atoms with Crippen molar-refractivity contribution in [2.45, 2.75) is 0 Å². The summed E-state index contributed by atoms with van der Waals surface area (Å²) in [5, 5.41) is 21.6. The summed E-state index contributed by atoms with van der Waals surface area (Å²) in [7, 11) is 0. The number of nitriles is 2. The maximum atomic E-state index is 7.65.